The highest BCUT2D eigenvalue weighted by Crippen LogP contribution is 2.54. The van der Waals surface area contributed by atoms with E-state index in [1.165, 1.54) is 83.1 Å². The molecule has 0 heteroatoms. The maximum absolute atomic E-state index is 2.46. The van der Waals surface area contributed by atoms with Crippen LogP contribution < -0.4 is 0 Å². The van der Waals surface area contributed by atoms with Gasteiger partial charge in [-0.2, -0.15) is 0 Å². The Kier molecular flexibility index (Phi) is 6.24. The van der Waals surface area contributed by atoms with Crippen molar-refractivity contribution in [2.75, 3.05) is 0 Å². The van der Waals surface area contributed by atoms with Crippen LogP contribution in [0.2, 0.25) is 0 Å². The van der Waals surface area contributed by atoms with Gasteiger partial charge in [-0.3, -0.25) is 0 Å². The first-order chi connectivity index (χ1) is 20.3. The summed E-state index contributed by atoms with van der Waals surface area (Å²) in [4.78, 5) is 0. The highest BCUT2D eigenvalue weighted by molar-refractivity contribution is 6.09. The Labute approximate surface area is 250 Å². The van der Waals surface area contributed by atoms with Crippen LogP contribution in [0.4, 0.5) is 0 Å². The number of aryl methyl sites for hydroxylation is 3. The Balaban J connectivity index is 1.42. The maximum atomic E-state index is 2.46. The Bertz CT molecular complexity index is 1980. The van der Waals surface area contributed by atoms with Crippen molar-refractivity contribution in [2.45, 2.75) is 40.0 Å². The van der Waals surface area contributed by atoms with E-state index in [1.54, 1.807) is 0 Å². The summed E-state index contributed by atoms with van der Waals surface area (Å²) in [5, 5.41) is 2.58. The number of rotatable bonds is 4. The first-order valence-corrected chi connectivity index (χ1v) is 14.9. The lowest BCUT2D eigenvalue weighted by Gasteiger charge is -2.26. The van der Waals surface area contributed by atoms with Crippen LogP contribution in [-0.2, 0) is 5.41 Å². The van der Waals surface area contributed by atoms with Gasteiger partial charge in [-0.15, -0.1) is 0 Å². The predicted octanol–water partition coefficient (Wildman–Crippen LogP) is 11.3. The molecule has 1 aliphatic carbocycles. The van der Waals surface area contributed by atoms with Crippen LogP contribution in [0.5, 0.6) is 0 Å². The summed E-state index contributed by atoms with van der Waals surface area (Å²) in [6.45, 7) is 11.2. The Morgan fingerprint density at radius 1 is 0.405 bits per heavy atom. The zero-order valence-electron chi connectivity index (χ0n) is 25.1. The molecule has 0 saturated heterocycles. The molecule has 0 aliphatic heterocycles. The molecule has 0 nitrogen and oxygen atoms in total. The fourth-order valence-electron chi connectivity index (χ4n) is 6.81. The second-order valence-corrected chi connectivity index (χ2v) is 12.4. The van der Waals surface area contributed by atoms with E-state index in [0.29, 0.717) is 0 Å². The summed E-state index contributed by atoms with van der Waals surface area (Å²) in [6.07, 6.45) is 0. The smallest absolute Gasteiger partial charge is 0.0165 e. The molecule has 0 fully saturated rings. The van der Waals surface area contributed by atoms with Crippen molar-refractivity contribution in [2.24, 2.45) is 0 Å². The van der Waals surface area contributed by atoms with Gasteiger partial charge in [-0.25, -0.2) is 0 Å². The number of fused-ring (bicyclic) bond motifs is 2. The third kappa shape index (κ3) is 4.30. The van der Waals surface area contributed by atoms with E-state index in [9.17, 15) is 0 Å². The maximum Gasteiger partial charge on any atom is 0.0165 e. The van der Waals surface area contributed by atoms with Crippen molar-refractivity contribution in [1.29, 1.82) is 0 Å². The number of hydrogen-bond donors (Lipinski definition) is 0. The van der Waals surface area contributed by atoms with Crippen molar-refractivity contribution in [3.63, 3.8) is 0 Å². The predicted molar refractivity (Wildman–Crippen MR) is 181 cm³/mol. The van der Waals surface area contributed by atoms with Crippen LogP contribution in [0.3, 0.4) is 0 Å². The lowest BCUT2D eigenvalue weighted by Crippen LogP contribution is -2.16. The van der Waals surface area contributed by atoms with Crippen molar-refractivity contribution in [3.05, 3.63) is 166 Å². The van der Waals surface area contributed by atoms with E-state index in [-0.39, 0.29) is 5.41 Å². The van der Waals surface area contributed by atoms with Gasteiger partial charge in [0, 0.05) is 5.41 Å². The molecule has 0 atom stereocenters. The molecule has 0 heterocycles. The molecule has 0 aromatic heterocycles. The second kappa shape index (κ2) is 10.00. The van der Waals surface area contributed by atoms with Gasteiger partial charge in [0.25, 0.3) is 0 Å². The molecule has 0 saturated carbocycles. The highest BCUT2D eigenvalue weighted by Gasteiger charge is 2.39. The van der Waals surface area contributed by atoms with Gasteiger partial charge in [-0.1, -0.05) is 152 Å². The molecule has 0 spiro atoms. The summed E-state index contributed by atoms with van der Waals surface area (Å²) in [6, 6.07) is 47.6. The molecule has 7 rings (SSSR count). The number of allylic oxidation sites excluding steroid dienone is 1. The third-order valence-corrected chi connectivity index (χ3v) is 9.12. The minimum atomic E-state index is -0.154. The lowest BCUT2D eigenvalue weighted by atomic mass is 9.77. The minimum absolute atomic E-state index is 0.154. The largest absolute Gasteiger partial charge is 0.0616 e. The summed E-state index contributed by atoms with van der Waals surface area (Å²) in [5.74, 6) is 0. The van der Waals surface area contributed by atoms with E-state index >= 15 is 0 Å². The van der Waals surface area contributed by atoms with Crippen LogP contribution in [0.1, 0.15) is 52.8 Å². The van der Waals surface area contributed by atoms with Crippen molar-refractivity contribution in [3.8, 4) is 22.3 Å². The molecule has 0 radical (unpaired) electrons. The van der Waals surface area contributed by atoms with Crippen LogP contribution in [0.25, 0.3) is 44.2 Å². The highest BCUT2D eigenvalue weighted by atomic mass is 14.4. The molecule has 204 valence electrons. The molecular weight excluding hydrogens is 504 g/mol. The molecule has 0 unspecified atom stereocenters. The van der Waals surface area contributed by atoms with Crippen molar-refractivity contribution < 1.29 is 0 Å². The van der Waals surface area contributed by atoms with E-state index in [0.717, 1.165) is 0 Å². The standard InChI is InChI=1S/C42H36/c1-27-10-16-30(17-11-27)34-24-25-35(37-9-7-6-8-36(34)37)33-22-23-38-39(26-33)42(4,5)41(32-20-14-29(3)15-21-32)40(38)31-18-12-28(2)13-19-31/h6-26H,1-5H3. The topological polar surface area (TPSA) is 0 Å². The minimum Gasteiger partial charge on any atom is -0.0616 e. The zero-order chi connectivity index (χ0) is 29.0. The van der Waals surface area contributed by atoms with Gasteiger partial charge in [0.15, 0.2) is 0 Å². The fourth-order valence-corrected chi connectivity index (χ4v) is 6.81. The van der Waals surface area contributed by atoms with Gasteiger partial charge >= 0.3 is 0 Å². The average molecular weight is 541 g/mol. The quantitative estimate of drug-likeness (QED) is 0.209. The first kappa shape index (κ1) is 26.2. The molecule has 0 amide bonds. The van der Waals surface area contributed by atoms with E-state index in [4.69, 9.17) is 0 Å². The van der Waals surface area contributed by atoms with Gasteiger partial charge in [0.2, 0.25) is 0 Å². The monoisotopic (exact) mass is 540 g/mol. The summed E-state index contributed by atoms with van der Waals surface area (Å²) >= 11 is 0. The van der Waals surface area contributed by atoms with E-state index in [2.05, 4.69) is 162 Å². The van der Waals surface area contributed by atoms with Gasteiger partial charge in [-0.05, 0) is 93.3 Å². The second-order valence-electron chi connectivity index (χ2n) is 12.4. The lowest BCUT2D eigenvalue weighted by molar-refractivity contribution is 0.704. The summed E-state index contributed by atoms with van der Waals surface area (Å²) in [5.41, 5.74) is 16.8. The average Bonchev–Trinajstić information content (AvgIpc) is 3.24. The van der Waals surface area contributed by atoms with Gasteiger partial charge < -0.3 is 0 Å². The Morgan fingerprint density at radius 3 is 1.38 bits per heavy atom. The molecule has 0 N–H and O–H groups in total. The number of hydrogen-bond acceptors (Lipinski definition) is 0. The molecular formula is C42H36. The number of benzene rings is 6. The Morgan fingerprint density at radius 2 is 0.833 bits per heavy atom. The van der Waals surface area contributed by atoms with Crippen LogP contribution in [0, 0.1) is 20.8 Å². The fraction of sp³-hybridized carbons (Fsp3) is 0.143. The third-order valence-electron chi connectivity index (χ3n) is 9.12. The van der Waals surface area contributed by atoms with E-state index in [1.807, 2.05) is 0 Å². The normalized spacial score (nSPS) is 13.9. The molecule has 1 aliphatic rings. The van der Waals surface area contributed by atoms with Crippen molar-refractivity contribution in [1.82, 2.24) is 0 Å². The van der Waals surface area contributed by atoms with Crippen LogP contribution in [-0.4, -0.2) is 0 Å². The van der Waals surface area contributed by atoms with Gasteiger partial charge in [0.05, 0.1) is 0 Å². The van der Waals surface area contributed by atoms with Crippen LogP contribution in [0.15, 0.2) is 127 Å². The first-order valence-electron chi connectivity index (χ1n) is 14.9. The SMILES string of the molecule is Cc1ccc(C2=C(c3ccc(C)cc3)C(C)(C)c3cc(-c4ccc(-c5ccc(C)cc5)c5ccccc45)ccc32)cc1. The Hall–Kier alpha value is -4.68. The summed E-state index contributed by atoms with van der Waals surface area (Å²) in [7, 11) is 0. The molecule has 6 aromatic rings. The van der Waals surface area contributed by atoms with Crippen LogP contribution >= 0.6 is 0 Å². The molecule has 6 aromatic carbocycles. The molecule has 0 bridgehead atoms. The van der Waals surface area contributed by atoms with Crippen molar-refractivity contribution >= 4 is 21.9 Å². The molecule has 42 heavy (non-hydrogen) atoms. The van der Waals surface area contributed by atoms with Gasteiger partial charge in [0.1, 0.15) is 0 Å². The summed E-state index contributed by atoms with van der Waals surface area (Å²) < 4.78 is 0. The van der Waals surface area contributed by atoms with E-state index < -0.39 is 0 Å². The zero-order valence-corrected chi connectivity index (χ0v) is 25.1.